The molecule has 8 nitrogen and oxygen atoms in total. The summed E-state index contributed by atoms with van der Waals surface area (Å²) in [5.74, 6) is 0.825. The zero-order chi connectivity index (χ0) is 29.2. The third-order valence-electron chi connectivity index (χ3n) is 8.81. The molecule has 41 heavy (non-hydrogen) atoms. The molecule has 4 N–H and O–H groups in total. The molecular formula is C33H41N5O3. The fourth-order valence-corrected chi connectivity index (χ4v) is 6.62. The first-order valence-corrected chi connectivity index (χ1v) is 14.7. The smallest absolute Gasteiger partial charge is 0.225 e. The number of aliphatic hydroxyl groups is 1. The minimum atomic E-state index is -0.717. The summed E-state index contributed by atoms with van der Waals surface area (Å²) in [5, 5.41) is 22.1. The minimum absolute atomic E-state index is 0.0681. The normalized spacial score (nSPS) is 25.7. The molecule has 1 heterocycles. The molecular weight excluding hydrogens is 514 g/mol. The van der Waals surface area contributed by atoms with Crippen molar-refractivity contribution in [3.63, 3.8) is 0 Å². The SMILES string of the molecule is CCC(=O)N(C)C1CCC(CC(=O)Nc2cc(-c3ccccc3)c(-c3ccc(C4(N)CC(C)(O)C4)cc3)nn2)CC1. The third kappa shape index (κ3) is 6.49. The number of aromatic nitrogens is 2. The maximum absolute atomic E-state index is 13.0. The van der Waals surface area contributed by atoms with Crippen LogP contribution in [0, 0.1) is 5.92 Å². The highest BCUT2D eigenvalue weighted by atomic mass is 16.3. The van der Waals surface area contributed by atoms with E-state index in [9.17, 15) is 14.7 Å². The van der Waals surface area contributed by atoms with Crippen LogP contribution in [0.15, 0.2) is 60.7 Å². The molecule has 8 heteroatoms. The van der Waals surface area contributed by atoms with Gasteiger partial charge in [-0.15, -0.1) is 10.2 Å². The number of hydrogen-bond donors (Lipinski definition) is 3. The van der Waals surface area contributed by atoms with Gasteiger partial charge in [0.05, 0.1) is 5.60 Å². The van der Waals surface area contributed by atoms with Crippen LogP contribution in [-0.2, 0) is 15.1 Å². The maximum Gasteiger partial charge on any atom is 0.225 e. The van der Waals surface area contributed by atoms with Gasteiger partial charge in [0.2, 0.25) is 11.8 Å². The van der Waals surface area contributed by atoms with Crippen LogP contribution < -0.4 is 11.1 Å². The van der Waals surface area contributed by atoms with Gasteiger partial charge in [0.15, 0.2) is 5.82 Å². The zero-order valence-electron chi connectivity index (χ0n) is 24.3. The van der Waals surface area contributed by atoms with E-state index in [2.05, 4.69) is 15.5 Å². The summed E-state index contributed by atoms with van der Waals surface area (Å²) in [6.45, 7) is 3.71. The highest BCUT2D eigenvalue weighted by molar-refractivity contribution is 5.91. The molecule has 0 spiro atoms. The van der Waals surface area contributed by atoms with Crippen LogP contribution in [0.25, 0.3) is 22.4 Å². The van der Waals surface area contributed by atoms with Crippen molar-refractivity contribution in [3.05, 3.63) is 66.2 Å². The topological polar surface area (TPSA) is 121 Å². The average molecular weight is 556 g/mol. The fourth-order valence-electron chi connectivity index (χ4n) is 6.62. The number of amides is 2. The number of anilines is 1. The molecule has 5 rings (SSSR count). The second kappa shape index (κ2) is 11.7. The van der Waals surface area contributed by atoms with E-state index >= 15 is 0 Å². The van der Waals surface area contributed by atoms with Gasteiger partial charge in [-0.2, -0.15) is 0 Å². The van der Waals surface area contributed by atoms with E-state index in [1.807, 2.05) is 86.5 Å². The molecule has 0 saturated heterocycles. The van der Waals surface area contributed by atoms with E-state index in [0.29, 0.717) is 37.4 Å². The highest BCUT2D eigenvalue weighted by Crippen LogP contribution is 2.46. The van der Waals surface area contributed by atoms with Crippen LogP contribution in [-0.4, -0.2) is 50.7 Å². The Morgan fingerprint density at radius 3 is 2.27 bits per heavy atom. The van der Waals surface area contributed by atoms with Gasteiger partial charge in [0.1, 0.15) is 5.69 Å². The van der Waals surface area contributed by atoms with E-state index in [0.717, 1.165) is 53.6 Å². The Bertz CT molecular complexity index is 1370. The Morgan fingerprint density at radius 1 is 1.00 bits per heavy atom. The number of rotatable bonds is 8. The monoisotopic (exact) mass is 555 g/mol. The van der Waals surface area contributed by atoms with Gasteiger partial charge in [-0.25, -0.2) is 0 Å². The molecule has 2 amide bonds. The Balaban J connectivity index is 1.29. The van der Waals surface area contributed by atoms with E-state index in [-0.39, 0.29) is 17.9 Å². The summed E-state index contributed by atoms with van der Waals surface area (Å²) in [6, 6.07) is 20.1. The van der Waals surface area contributed by atoms with Crippen molar-refractivity contribution < 1.29 is 14.7 Å². The number of nitrogens with two attached hydrogens (primary N) is 1. The van der Waals surface area contributed by atoms with Crippen molar-refractivity contribution in [2.45, 2.75) is 82.4 Å². The van der Waals surface area contributed by atoms with Crippen LogP contribution in [0.5, 0.6) is 0 Å². The molecule has 0 aliphatic heterocycles. The predicted octanol–water partition coefficient (Wildman–Crippen LogP) is 5.27. The standard InChI is InChI=1S/C33H41N5O3/c1-4-30(40)38(3)26-16-10-22(11-17-26)18-29(39)35-28-19-27(23-8-6-5-7-9-23)31(37-36-28)24-12-14-25(15-13-24)33(34)20-32(2,41)21-33/h5-9,12-15,19,22,26,41H,4,10-11,16-18,20-21,34H2,1-3H3,(H,35,36,39). The number of nitrogens with zero attached hydrogens (tertiary/aromatic N) is 3. The van der Waals surface area contributed by atoms with Gasteiger partial charge < -0.3 is 21.1 Å². The molecule has 0 atom stereocenters. The molecule has 0 unspecified atom stereocenters. The predicted molar refractivity (Wildman–Crippen MR) is 161 cm³/mol. The van der Waals surface area contributed by atoms with Crippen LogP contribution in [0.2, 0.25) is 0 Å². The molecule has 2 aromatic carbocycles. The third-order valence-corrected chi connectivity index (χ3v) is 8.81. The molecule has 2 fully saturated rings. The van der Waals surface area contributed by atoms with Gasteiger partial charge in [-0.3, -0.25) is 9.59 Å². The lowest BCUT2D eigenvalue weighted by molar-refractivity contribution is -0.132. The second-order valence-corrected chi connectivity index (χ2v) is 12.2. The fraction of sp³-hybridized carbons (Fsp3) is 0.455. The second-order valence-electron chi connectivity index (χ2n) is 12.2. The van der Waals surface area contributed by atoms with Crippen molar-refractivity contribution in [2.75, 3.05) is 12.4 Å². The van der Waals surface area contributed by atoms with Crippen LogP contribution in [0.1, 0.15) is 70.8 Å². The van der Waals surface area contributed by atoms with Gasteiger partial charge in [-0.1, -0.05) is 61.5 Å². The van der Waals surface area contributed by atoms with E-state index in [4.69, 9.17) is 5.73 Å². The number of benzene rings is 2. The molecule has 1 aromatic heterocycles. The summed E-state index contributed by atoms with van der Waals surface area (Å²) in [6.07, 6.45) is 5.71. The summed E-state index contributed by atoms with van der Waals surface area (Å²) >= 11 is 0. The summed E-state index contributed by atoms with van der Waals surface area (Å²) in [5.41, 5.74) is 9.76. The van der Waals surface area contributed by atoms with Crippen molar-refractivity contribution in [1.29, 1.82) is 0 Å². The van der Waals surface area contributed by atoms with Crippen molar-refractivity contribution >= 4 is 17.6 Å². The lowest BCUT2D eigenvalue weighted by Gasteiger charge is -2.49. The molecule has 2 saturated carbocycles. The zero-order valence-corrected chi connectivity index (χ0v) is 24.3. The van der Waals surface area contributed by atoms with E-state index in [1.165, 1.54) is 0 Å². The van der Waals surface area contributed by atoms with E-state index < -0.39 is 11.1 Å². The number of nitrogens with one attached hydrogen (secondary N) is 1. The van der Waals surface area contributed by atoms with Crippen molar-refractivity contribution in [1.82, 2.24) is 15.1 Å². The van der Waals surface area contributed by atoms with Crippen LogP contribution in [0.3, 0.4) is 0 Å². The van der Waals surface area contributed by atoms with Crippen molar-refractivity contribution in [2.24, 2.45) is 11.7 Å². The van der Waals surface area contributed by atoms with Crippen LogP contribution in [0.4, 0.5) is 5.82 Å². The average Bonchev–Trinajstić information content (AvgIpc) is 2.96. The molecule has 0 bridgehead atoms. The largest absolute Gasteiger partial charge is 0.390 e. The summed E-state index contributed by atoms with van der Waals surface area (Å²) < 4.78 is 0. The molecule has 0 radical (unpaired) electrons. The van der Waals surface area contributed by atoms with Gasteiger partial charge in [0, 0.05) is 42.6 Å². The first kappa shape index (κ1) is 28.9. The Labute approximate surface area is 242 Å². The quantitative estimate of drug-likeness (QED) is 0.348. The minimum Gasteiger partial charge on any atom is -0.390 e. The summed E-state index contributed by atoms with van der Waals surface area (Å²) in [7, 11) is 1.89. The van der Waals surface area contributed by atoms with Gasteiger partial charge in [0.25, 0.3) is 0 Å². The Hall–Kier alpha value is -3.62. The number of carbonyl (C=O) groups is 2. The molecule has 3 aromatic rings. The lowest BCUT2D eigenvalue weighted by atomic mass is 9.63. The first-order chi connectivity index (χ1) is 19.6. The maximum atomic E-state index is 13.0. The molecule has 2 aliphatic rings. The summed E-state index contributed by atoms with van der Waals surface area (Å²) in [4.78, 5) is 26.9. The Kier molecular flexibility index (Phi) is 8.25. The lowest BCUT2D eigenvalue weighted by Crippen LogP contribution is -2.58. The number of hydrogen-bond acceptors (Lipinski definition) is 6. The van der Waals surface area contributed by atoms with Gasteiger partial charge in [-0.05, 0) is 68.6 Å². The van der Waals surface area contributed by atoms with Crippen molar-refractivity contribution in [3.8, 4) is 22.4 Å². The molecule has 2 aliphatic carbocycles. The molecule has 216 valence electrons. The first-order valence-electron chi connectivity index (χ1n) is 14.7. The highest BCUT2D eigenvalue weighted by Gasteiger charge is 2.49. The van der Waals surface area contributed by atoms with E-state index in [1.54, 1.807) is 0 Å². The number of carbonyl (C=O) groups excluding carboxylic acids is 2. The van der Waals surface area contributed by atoms with Gasteiger partial charge >= 0.3 is 0 Å². The van der Waals surface area contributed by atoms with Crippen LogP contribution >= 0.6 is 0 Å². The Morgan fingerprint density at radius 2 is 1.66 bits per heavy atom.